The number of methoxy groups -OCH3 is 1. The molecule has 0 aromatic heterocycles. The predicted molar refractivity (Wildman–Crippen MR) is 67.0 cm³/mol. The van der Waals surface area contributed by atoms with Gasteiger partial charge >= 0.3 is 0 Å². The Morgan fingerprint density at radius 1 is 1.28 bits per heavy atom. The summed E-state index contributed by atoms with van der Waals surface area (Å²) in [5.41, 5.74) is 0.112. The van der Waals surface area contributed by atoms with Crippen molar-refractivity contribution in [2.45, 2.75) is 19.9 Å². The number of aliphatic hydroxyl groups is 1. The van der Waals surface area contributed by atoms with E-state index in [-0.39, 0.29) is 30.0 Å². The van der Waals surface area contributed by atoms with Gasteiger partial charge in [0.1, 0.15) is 5.82 Å². The van der Waals surface area contributed by atoms with Gasteiger partial charge in [-0.25, -0.2) is 8.78 Å². The van der Waals surface area contributed by atoms with Gasteiger partial charge in [0.05, 0.1) is 25.4 Å². The van der Waals surface area contributed by atoms with Gasteiger partial charge < -0.3 is 14.7 Å². The van der Waals surface area contributed by atoms with Crippen LogP contribution in [0.15, 0.2) is 12.1 Å². The van der Waals surface area contributed by atoms with Crippen molar-refractivity contribution in [1.82, 2.24) is 0 Å². The molecule has 1 unspecified atom stereocenters. The molecule has 0 saturated heterocycles. The van der Waals surface area contributed by atoms with Crippen molar-refractivity contribution in [3.8, 4) is 5.75 Å². The van der Waals surface area contributed by atoms with E-state index < -0.39 is 11.6 Å². The van der Waals surface area contributed by atoms with E-state index in [1.54, 1.807) is 11.9 Å². The second-order valence-corrected chi connectivity index (χ2v) is 4.54. The number of likely N-dealkylation sites (N-methyl/N-ethyl adjacent to an activating group) is 1. The molecule has 0 amide bonds. The van der Waals surface area contributed by atoms with Crippen molar-refractivity contribution >= 4 is 5.69 Å². The molecule has 1 aromatic carbocycles. The molecule has 0 saturated carbocycles. The smallest absolute Gasteiger partial charge is 0.167 e. The van der Waals surface area contributed by atoms with Gasteiger partial charge in [-0.3, -0.25) is 0 Å². The third-order valence-electron chi connectivity index (χ3n) is 3.06. The highest BCUT2D eigenvalue weighted by atomic mass is 19.1. The van der Waals surface area contributed by atoms with E-state index >= 15 is 0 Å². The Hall–Kier alpha value is -1.36. The fourth-order valence-electron chi connectivity index (χ4n) is 1.90. The summed E-state index contributed by atoms with van der Waals surface area (Å²) in [5, 5.41) is 9.31. The largest absolute Gasteiger partial charge is 0.494 e. The molecule has 0 spiro atoms. The van der Waals surface area contributed by atoms with Crippen LogP contribution in [-0.4, -0.2) is 31.9 Å². The maximum absolute atomic E-state index is 13.9. The van der Waals surface area contributed by atoms with Gasteiger partial charge in [0, 0.05) is 19.2 Å². The number of nitrogens with zero attached hydrogens (tertiary/aromatic N) is 1. The average Bonchev–Trinajstić information content (AvgIpc) is 2.31. The van der Waals surface area contributed by atoms with Gasteiger partial charge in [0.15, 0.2) is 11.6 Å². The van der Waals surface area contributed by atoms with Gasteiger partial charge in [-0.15, -0.1) is 0 Å². The summed E-state index contributed by atoms with van der Waals surface area (Å²) in [6.07, 6.45) is 0. The van der Waals surface area contributed by atoms with E-state index in [1.165, 1.54) is 7.11 Å². The topological polar surface area (TPSA) is 32.7 Å². The molecule has 102 valence electrons. The molecule has 0 fully saturated rings. The highest BCUT2D eigenvalue weighted by Crippen LogP contribution is 2.28. The van der Waals surface area contributed by atoms with E-state index in [9.17, 15) is 13.9 Å². The Balaban J connectivity index is 3.13. The van der Waals surface area contributed by atoms with Crippen LogP contribution in [0.1, 0.15) is 13.8 Å². The average molecular weight is 259 g/mol. The Kier molecular flexibility index (Phi) is 4.90. The molecule has 1 aromatic rings. The summed E-state index contributed by atoms with van der Waals surface area (Å²) < 4.78 is 32.1. The van der Waals surface area contributed by atoms with Crippen LogP contribution in [0.25, 0.3) is 0 Å². The summed E-state index contributed by atoms with van der Waals surface area (Å²) in [5.74, 6) is -1.21. The van der Waals surface area contributed by atoms with Gasteiger partial charge in [-0.05, 0) is 5.92 Å². The van der Waals surface area contributed by atoms with Crippen molar-refractivity contribution in [1.29, 1.82) is 0 Å². The quantitative estimate of drug-likeness (QED) is 0.881. The Bertz CT molecular complexity index is 410. The molecule has 18 heavy (non-hydrogen) atoms. The molecule has 0 aliphatic rings. The van der Waals surface area contributed by atoms with Crippen molar-refractivity contribution in [2.75, 3.05) is 25.7 Å². The summed E-state index contributed by atoms with van der Waals surface area (Å²) in [6.45, 7) is 3.70. The molecule has 1 atom stereocenters. The first-order chi connectivity index (χ1) is 8.42. The normalized spacial score (nSPS) is 12.7. The minimum Gasteiger partial charge on any atom is -0.494 e. The number of hydrogen-bond acceptors (Lipinski definition) is 3. The van der Waals surface area contributed by atoms with Crippen LogP contribution < -0.4 is 9.64 Å². The van der Waals surface area contributed by atoms with Crippen LogP contribution in [0.3, 0.4) is 0 Å². The number of aliphatic hydroxyl groups excluding tert-OH is 1. The van der Waals surface area contributed by atoms with Crippen LogP contribution in [0.2, 0.25) is 0 Å². The lowest BCUT2D eigenvalue weighted by Gasteiger charge is -2.31. The van der Waals surface area contributed by atoms with E-state index in [0.29, 0.717) is 0 Å². The lowest BCUT2D eigenvalue weighted by atomic mass is 10.0. The first-order valence-electron chi connectivity index (χ1n) is 5.79. The predicted octanol–water partition coefficient (Wildman–Crippen LogP) is 2.43. The molecule has 1 N–H and O–H groups in total. The second kappa shape index (κ2) is 6.00. The highest BCUT2D eigenvalue weighted by Gasteiger charge is 2.22. The van der Waals surface area contributed by atoms with Crippen molar-refractivity contribution in [3.63, 3.8) is 0 Å². The van der Waals surface area contributed by atoms with Crippen LogP contribution in [0.5, 0.6) is 5.75 Å². The summed E-state index contributed by atoms with van der Waals surface area (Å²) in [4.78, 5) is 1.54. The summed E-state index contributed by atoms with van der Waals surface area (Å²) in [7, 11) is 2.91. The minimum atomic E-state index is -0.624. The van der Waals surface area contributed by atoms with E-state index in [0.717, 1.165) is 12.1 Å². The maximum atomic E-state index is 13.9. The van der Waals surface area contributed by atoms with Crippen LogP contribution in [0.4, 0.5) is 14.5 Å². The second-order valence-electron chi connectivity index (χ2n) is 4.54. The summed E-state index contributed by atoms with van der Waals surface area (Å²) in [6, 6.07) is 1.82. The zero-order chi connectivity index (χ0) is 13.9. The molecular weight excluding hydrogens is 240 g/mol. The van der Waals surface area contributed by atoms with Gasteiger partial charge in [0.2, 0.25) is 0 Å². The molecule has 0 radical (unpaired) electrons. The summed E-state index contributed by atoms with van der Waals surface area (Å²) >= 11 is 0. The standard InChI is InChI=1S/C13H19F2NO2/c1-8(2)12(7-17)16(3)11-5-10(15)13(18-4)6-9(11)14/h5-6,8,12,17H,7H2,1-4H3. The van der Waals surface area contributed by atoms with Crippen molar-refractivity contribution in [2.24, 2.45) is 5.92 Å². The van der Waals surface area contributed by atoms with E-state index in [4.69, 9.17) is 4.74 Å². The zero-order valence-corrected chi connectivity index (χ0v) is 11.1. The monoisotopic (exact) mass is 259 g/mol. The molecule has 0 aliphatic carbocycles. The number of anilines is 1. The number of halogens is 2. The number of rotatable bonds is 5. The van der Waals surface area contributed by atoms with Crippen LogP contribution in [-0.2, 0) is 0 Å². The minimum absolute atomic E-state index is 0.112. The van der Waals surface area contributed by atoms with Gasteiger partial charge in [-0.1, -0.05) is 13.8 Å². The van der Waals surface area contributed by atoms with Gasteiger partial charge in [0.25, 0.3) is 0 Å². The maximum Gasteiger partial charge on any atom is 0.167 e. The van der Waals surface area contributed by atoms with Crippen molar-refractivity contribution < 1.29 is 18.6 Å². The number of ether oxygens (including phenoxy) is 1. The zero-order valence-electron chi connectivity index (χ0n) is 11.1. The third-order valence-corrected chi connectivity index (χ3v) is 3.06. The number of benzene rings is 1. The lowest BCUT2D eigenvalue weighted by molar-refractivity contribution is 0.233. The molecule has 3 nitrogen and oxygen atoms in total. The SMILES string of the molecule is COc1cc(F)c(N(C)C(CO)C(C)C)cc1F. The first-order valence-corrected chi connectivity index (χ1v) is 5.79. The van der Waals surface area contributed by atoms with Crippen LogP contribution >= 0.6 is 0 Å². The number of hydrogen-bond donors (Lipinski definition) is 1. The lowest BCUT2D eigenvalue weighted by Crippen LogP contribution is -2.39. The molecular formula is C13H19F2NO2. The molecule has 0 aliphatic heterocycles. The highest BCUT2D eigenvalue weighted by molar-refractivity contribution is 5.51. The fourth-order valence-corrected chi connectivity index (χ4v) is 1.90. The molecule has 1 rings (SSSR count). The van der Waals surface area contributed by atoms with E-state index in [1.807, 2.05) is 13.8 Å². The van der Waals surface area contributed by atoms with Gasteiger partial charge in [-0.2, -0.15) is 0 Å². The van der Waals surface area contributed by atoms with E-state index in [2.05, 4.69) is 0 Å². The first kappa shape index (κ1) is 14.7. The van der Waals surface area contributed by atoms with Crippen LogP contribution in [0, 0.1) is 17.6 Å². The molecule has 0 heterocycles. The Morgan fingerprint density at radius 3 is 2.33 bits per heavy atom. The fraction of sp³-hybridized carbons (Fsp3) is 0.538. The molecule has 5 heteroatoms. The van der Waals surface area contributed by atoms with Crippen molar-refractivity contribution in [3.05, 3.63) is 23.8 Å². The Labute approximate surface area is 106 Å². The third kappa shape index (κ3) is 2.90. The Morgan fingerprint density at radius 2 is 1.89 bits per heavy atom. The molecule has 0 bridgehead atoms.